The van der Waals surface area contributed by atoms with Gasteiger partial charge in [-0.1, -0.05) is 18.3 Å². The van der Waals surface area contributed by atoms with Crippen molar-refractivity contribution >= 4 is 17.7 Å². The van der Waals surface area contributed by atoms with Crippen molar-refractivity contribution in [3.8, 4) is 0 Å². The minimum absolute atomic E-state index is 0.320. The third kappa shape index (κ3) is 2.00. The van der Waals surface area contributed by atoms with Crippen LogP contribution in [0.15, 0.2) is 12.3 Å². The van der Waals surface area contributed by atoms with Crippen LogP contribution < -0.4 is 0 Å². The van der Waals surface area contributed by atoms with Crippen molar-refractivity contribution in [3.63, 3.8) is 0 Å². The minimum atomic E-state index is -0.987. The van der Waals surface area contributed by atoms with Crippen molar-refractivity contribution in [1.29, 1.82) is 0 Å². The molecular weight excluding hydrogens is 192 g/mol. The molecule has 72 valence electrons. The third-order valence-corrected chi connectivity index (χ3v) is 2.86. The fourth-order valence-electron chi connectivity index (χ4n) is 1.17. The summed E-state index contributed by atoms with van der Waals surface area (Å²) in [5.41, 5.74) is -0.452. The van der Waals surface area contributed by atoms with Crippen LogP contribution in [0.4, 0.5) is 0 Å². The number of hydrogen-bond acceptors (Lipinski definition) is 4. The lowest BCUT2D eigenvalue weighted by atomic mass is 10.3. The predicted octanol–water partition coefficient (Wildman–Crippen LogP) is 1.05. The fourth-order valence-corrected chi connectivity index (χ4v) is 2.30. The Morgan fingerprint density at radius 1 is 1.85 bits per heavy atom. The Bertz CT molecular complexity index is 266. The van der Waals surface area contributed by atoms with E-state index in [1.807, 2.05) is 0 Å². The molecule has 0 saturated carbocycles. The lowest BCUT2D eigenvalue weighted by Crippen LogP contribution is -2.43. The van der Waals surface area contributed by atoms with Crippen LogP contribution in [0.2, 0.25) is 0 Å². The maximum absolute atomic E-state index is 11.1. The van der Waals surface area contributed by atoms with Crippen LogP contribution in [0.1, 0.15) is 13.3 Å². The number of hydrogen-bond donors (Lipinski definition) is 0. The molecule has 1 rings (SSSR count). The smallest absolute Gasteiger partial charge is 0.275 e. The average Bonchev–Trinajstić information content (AvgIpc) is 2.02. The van der Waals surface area contributed by atoms with Crippen molar-refractivity contribution in [2.75, 3.05) is 5.75 Å². The van der Waals surface area contributed by atoms with Crippen LogP contribution in [-0.4, -0.2) is 27.0 Å². The molecule has 13 heavy (non-hydrogen) atoms. The van der Waals surface area contributed by atoms with Crippen molar-refractivity contribution in [3.05, 3.63) is 22.4 Å². The van der Waals surface area contributed by atoms with E-state index in [1.54, 1.807) is 0 Å². The number of amides is 1. The van der Waals surface area contributed by atoms with Crippen molar-refractivity contribution in [2.45, 2.75) is 18.8 Å². The SMILES string of the molecule is C=C1CCSC([N+](=O)[O-])N1C(C)=O. The van der Waals surface area contributed by atoms with E-state index in [9.17, 15) is 14.9 Å². The van der Waals surface area contributed by atoms with Crippen molar-refractivity contribution in [1.82, 2.24) is 4.90 Å². The van der Waals surface area contributed by atoms with Gasteiger partial charge in [0.15, 0.2) is 0 Å². The number of thioether (sulfide) groups is 1. The molecule has 1 aliphatic heterocycles. The molecule has 0 aliphatic carbocycles. The fraction of sp³-hybridized carbons (Fsp3) is 0.571. The maximum atomic E-state index is 11.1. The van der Waals surface area contributed by atoms with Gasteiger partial charge in [0.05, 0.1) is 4.92 Å². The van der Waals surface area contributed by atoms with E-state index in [1.165, 1.54) is 6.92 Å². The van der Waals surface area contributed by atoms with E-state index in [0.717, 1.165) is 16.7 Å². The van der Waals surface area contributed by atoms with Gasteiger partial charge in [-0.3, -0.25) is 14.9 Å². The Balaban J connectivity index is 2.86. The first kappa shape index (κ1) is 10.0. The summed E-state index contributed by atoms with van der Waals surface area (Å²) in [6.45, 7) is 4.95. The minimum Gasteiger partial charge on any atom is -0.275 e. The molecule has 1 aliphatic rings. The topological polar surface area (TPSA) is 63.5 Å². The molecule has 0 radical (unpaired) electrons. The van der Waals surface area contributed by atoms with Gasteiger partial charge in [-0.25, -0.2) is 4.90 Å². The second kappa shape index (κ2) is 3.78. The second-order valence-electron chi connectivity index (χ2n) is 2.69. The van der Waals surface area contributed by atoms with E-state index in [0.29, 0.717) is 17.9 Å². The predicted molar refractivity (Wildman–Crippen MR) is 49.5 cm³/mol. The van der Waals surface area contributed by atoms with Gasteiger partial charge >= 0.3 is 5.50 Å². The van der Waals surface area contributed by atoms with E-state index >= 15 is 0 Å². The standard InChI is InChI=1S/C7H10N2O3S/c1-5-3-4-13-7(9(11)12)8(5)6(2)10/h7H,1,3-4H2,2H3. The van der Waals surface area contributed by atoms with Gasteiger partial charge in [-0.05, 0) is 6.42 Å². The summed E-state index contributed by atoms with van der Waals surface area (Å²) in [5, 5.41) is 10.6. The number of nitro groups is 1. The first-order valence-electron chi connectivity index (χ1n) is 3.76. The number of carbonyl (C=O) groups is 1. The Hall–Kier alpha value is -1.04. The molecule has 1 amide bonds. The van der Waals surface area contributed by atoms with Gasteiger partial charge in [0.2, 0.25) is 5.91 Å². The number of rotatable bonds is 1. The molecule has 0 spiro atoms. The largest absolute Gasteiger partial charge is 0.341 e. The number of nitrogens with zero attached hydrogens (tertiary/aromatic N) is 2. The van der Waals surface area contributed by atoms with Gasteiger partial charge in [0, 0.05) is 18.4 Å². The van der Waals surface area contributed by atoms with Crippen molar-refractivity contribution in [2.24, 2.45) is 0 Å². The molecule has 0 N–H and O–H groups in total. The van der Waals surface area contributed by atoms with Gasteiger partial charge in [-0.2, -0.15) is 0 Å². The highest BCUT2D eigenvalue weighted by Gasteiger charge is 2.36. The quantitative estimate of drug-likeness (QED) is 0.471. The summed E-state index contributed by atoms with van der Waals surface area (Å²) in [6.07, 6.45) is 0.634. The van der Waals surface area contributed by atoms with Gasteiger partial charge < -0.3 is 0 Å². The Labute approximate surface area is 79.9 Å². The molecule has 0 aromatic rings. The number of carbonyl (C=O) groups excluding carboxylic acids is 1. The summed E-state index contributed by atoms with van der Waals surface area (Å²) >= 11 is 1.16. The highest BCUT2D eigenvalue weighted by molar-refractivity contribution is 7.99. The first-order chi connectivity index (χ1) is 6.04. The Morgan fingerprint density at radius 3 is 2.85 bits per heavy atom. The van der Waals surface area contributed by atoms with Crippen LogP contribution in [0.5, 0.6) is 0 Å². The van der Waals surface area contributed by atoms with Crippen LogP contribution in [0.25, 0.3) is 0 Å². The molecule has 0 bridgehead atoms. The molecule has 6 heteroatoms. The van der Waals surface area contributed by atoms with E-state index in [2.05, 4.69) is 6.58 Å². The molecule has 1 saturated heterocycles. The summed E-state index contributed by atoms with van der Waals surface area (Å²) in [5.74, 6) is 0.327. The zero-order valence-corrected chi connectivity index (χ0v) is 8.04. The molecule has 1 heterocycles. The summed E-state index contributed by atoms with van der Waals surface area (Å²) in [7, 11) is 0. The average molecular weight is 202 g/mol. The van der Waals surface area contributed by atoms with Crippen molar-refractivity contribution < 1.29 is 9.72 Å². The number of allylic oxidation sites excluding steroid dienone is 1. The molecule has 5 nitrogen and oxygen atoms in total. The Morgan fingerprint density at radius 2 is 2.46 bits per heavy atom. The van der Waals surface area contributed by atoms with Gasteiger partial charge in [0.25, 0.3) is 0 Å². The first-order valence-corrected chi connectivity index (χ1v) is 4.81. The van der Waals surface area contributed by atoms with Crippen LogP contribution in [0, 0.1) is 10.1 Å². The lowest BCUT2D eigenvalue weighted by Gasteiger charge is -2.29. The zero-order chi connectivity index (χ0) is 10.0. The normalized spacial score (nSPS) is 23.0. The van der Waals surface area contributed by atoms with Gasteiger partial charge in [0.1, 0.15) is 0 Å². The van der Waals surface area contributed by atoms with E-state index < -0.39 is 10.4 Å². The van der Waals surface area contributed by atoms with E-state index in [-0.39, 0.29) is 5.91 Å². The highest BCUT2D eigenvalue weighted by atomic mass is 32.2. The lowest BCUT2D eigenvalue weighted by molar-refractivity contribution is -0.515. The molecule has 1 fully saturated rings. The zero-order valence-electron chi connectivity index (χ0n) is 7.23. The van der Waals surface area contributed by atoms with Crippen LogP contribution >= 0.6 is 11.8 Å². The Kier molecular flexibility index (Phi) is 2.92. The molecule has 0 aromatic carbocycles. The van der Waals surface area contributed by atoms with Crippen LogP contribution in [0.3, 0.4) is 0 Å². The summed E-state index contributed by atoms with van der Waals surface area (Å²) < 4.78 is 0. The highest BCUT2D eigenvalue weighted by Crippen LogP contribution is 2.29. The maximum Gasteiger partial charge on any atom is 0.341 e. The van der Waals surface area contributed by atoms with Crippen LogP contribution in [-0.2, 0) is 4.79 Å². The monoisotopic (exact) mass is 202 g/mol. The molecule has 0 aromatic heterocycles. The molecular formula is C7H10N2O3S. The second-order valence-corrected chi connectivity index (χ2v) is 3.85. The molecule has 1 unspecified atom stereocenters. The summed E-state index contributed by atoms with van der Waals surface area (Å²) in [6, 6.07) is 0. The van der Waals surface area contributed by atoms with E-state index in [4.69, 9.17) is 0 Å². The van der Waals surface area contributed by atoms with Gasteiger partial charge in [-0.15, -0.1) is 0 Å². The summed E-state index contributed by atoms with van der Waals surface area (Å²) in [4.78, 5) is 22.3. The molecule has 1 atom stereocenters. The third-order valence-electron chi connectivity index (χ3n) is 1.74.